The van der Waals surface area contributed by atoms with Gasteiger partial charge < -0.3 is 15.4 Å². The van der Waals surface area contributed by atoms with E-state index in [0.717, 1.165) is 11.8 Å². The van der Waals surface area contributed by atoms with Crippen LogP contribution >= 0.6 is 35.0 Å². The van der Waals surface area contributed by atoms with Gasteiger partial charge in [0.1, 0.15) is 5.88 Å². The van der Waals surface area contributed by atoms with Gasteiger partial charge in [-0.2, -0.15) is 13.2 Å². The molecule has 2 aromatic carbocycles. The van der Waals surface area contributed by atoms with Crippen LogP contribution in [0.5, 0.6) is 0 Å². The van der Waals surface area contributed by atoms with Gasteiger partial charge in [-0.1, -0.05) is 23.4 Å². The first kappa shape index (κ1) is 25.8. The lowest BCUT2D eigenvalue weighted by Crippen LogP contribution is -2.55. The van der Waals surface area contributed by atoms with Gasteiger partial charge in [-0.3, -0.25) is 14.4 Å². The van der Waals surface area contributed by atoms with Gasteiger partial charge in [0.15, 0.2) is 0 Å². The second kappa shape index (κ2) is 10.5. The van der Waals surface area contributed by atoms with Crippen molar-refractivity contribution in [2.45, 2.75) is 35.4 Å². The van der Waals surface area contributed by atoms with Crippen molar-refractivity contribution < 1.29 is 32.3 Å². The zero-order valence-electron chi connectivity index (χ0n) is 16.7. The lowest BCUT2D eigenvalue weighted by molar-refractivity contribution is -0.253. The number of alkyl halides is 4. The number of nitrogens with one attached hydrogen (secondary N) is 2. The number of carbonyl (C=O) groups excluding carboxylic acids is 3. The monoisotopic (exact) mass is 508 g/mol. The summed E-state index contributed by atoms with van der Waals surface area (Å²) in [6.45, 7) is 1.23. The minimum Gasteiger partial charge on any atom is -0.439 e. The molecule has 0 aliphatic rings. The Bertz CT molecular complexity index is 1020. The molecule has 0 fully saturated rings. The molecular weight excluding hydrogens is 492 g/mol. The summed E-state index contributed by atoms with van der Waals surface area (Å²) in [6.07, 6.45) is -5.14. The van der Waals surface area contributed by atoms with Crippen molar-refractivity contribution in [1.82, 2.24) is 0 Å². The zero-order valence-corrected chi connectivity index (χ0v) is 19.0. The van der Waals surface area contributed by atoms with Crippen molar-refractivity contribution in [3.05, 3.63) is 47.5 Å². The third-order valence-electron chi connectivity index (χ3n) is 4.01. The molecule has 1 atom stereocenters. The van der Waals surface area contributed by atoms with E-state index in [4.69, 9.17) is 23.2 Å². The highest BCUT2D eigenvalue weighted by molar-refractivity contribution is 7.99. The molecule has 0 aromatic heterocycles. The Kier molecular flexibility index (Phi) is 8.44. The molecule has 2 N–H and O–H groups in total. The summed E-state index contributed by atoms with van der Waals surface area (Å²) in [7, 11) is 0. The molecule has 2 amide bonds. The molecule has 12 heteroatoms. The van der Waals surface area contributed by atoms with Crippen LogP contribution in [0.25, 0.3) is 0 Å². The molecule has 0 radical (unpaired) electrons. The summed E-state index contributed by atoms with van der Waals surface area (Å²) in [5, 5.41) is 4.64. The molecule has 172 valence electrons. The summed E-state index contributed by atoms with van der Waals surface area (Å²) >= 11 is 12.9. The van der Waals surface area contributed by atoms with Crippen LogP contribution in [0.4, 0.5) is 24.5 Å². The lowest BCUT2D eigenvalue weighted by Gasteiger charge is -2.29. The predicted molar refractivity (Wildman–Crippen MR) is 116 cm³/mol. The largest absolute Gasteiger partial charge is 0.439 e. The fraction of sp³-hybridized carbons (Fsp3) is 0.250. The molecule has 0 saturated carbocycles. The smallest absolute Gasteiger partial charge is 0.437 e. The van der Waals surface area contributed by atoms with Crippen LogP contribution in [0.1, 0.15) is 13.8 Å². The van der Waals surface area contributed by atoms with E-state index < -0.39 is 23.7 Å². The average molecular weight is 509 g/mol. The van der Waals surface area contributed by atoms with E-state index in [1.54, 1.807) is 30.3 Å². The lowest BCUT2D eigenvalue weighted by atomic mass is 10.0. The number of benzene rings is 2. The van der Waals surface area contributed by atoms with Crippen LogP contribution < -0.4 is 10.6 Å². The van der Waals surface area contributed by atoms with Gasteiger partial charge in [-0.25, -0.2) is 0 Å². The van der Waals surface area contributed by atoms with E-state index in [9.17, 15) is 27.6 Å². The van der Waals surface area contributed by atoms with Crippen molar-refractivity contribution in [1.29, 1.82) is 0 Å². The molecule has 0 aliphatic carbocycles. The summed E-state index contributed by atoms with van der Waals surface area (Å²) in [4.78, 5) is 36.1. The van der Waals surface area contributed by atoms with E-state index in [2.05, 4.69) is 15.4 Å². The molecular formula is C20H17Cl2F3N2O4S. The topological polar surface area (TPSA) is 84.5 Å². The van der Waals surface area contributed by atoms with Gasteiger partial charge in [-0.05, 0) is 49.4 Å². The van der Waals surface area contributed by atoms with Crippen molar-refractivity contribution in [2.75, 3.05) is 16.5 Å². The quantitative estimate of drug-likeness (QED) is 0.381. The Hall–Kier alpha value is -2.43. The molecule has 2 aromatic rings. The summed E-state index contributed by atoms with van der Waals surface area (Å²) < 4.78 is 44.3. The molecule has 0 saturated heterocycles. The SMILES string of the molecule is CC(=O)O[C@](C)(C(=O)Nc1ccc(Sc2ccc(NC(=O)CCl)cc2)cc1Cl)C(F)(F)F. The second-order valence-electron chi connectivity index (χ2n) is 6.53. The van der Waals surface area contributed by atoms with Crippen LogP contribution in [0, 0.1) is 0 Å². The number of esters is 1. The second-order valence-corrected chi connectivity index (χ2v) is 8.35. The van der Waals surface area contributed by atoms with E-state index in [1.165, 1.54) is 23.9 Å². The summed E-state index contributed by atoms with van der Waals surface area (Å²) in [5.41, 5.74) is -2.89. The molecule has 32 heavy (non-hydrogen) atoms. The highest BCUT2D eigenvalue weighted by Gasteiger charge is 2.60. The first-order valence-electron chi connectivity index (χ1n) is 8.87. The third kappa shape index (κ3) is 6.54. The molecule has 0 unspecified atom stereocenters. The molecule has 6 nitrogen and oxygen atoms in total. The van der Waals surface area contributed by atoms with Crippen molar-refractivity contribution in [2.24, 2.45) is 0 Å². The van der Waals surface area contributed by atoms with E-state index in [-0.39, 0.29) is 22.5 Å². The van der Waals surface area contributed by atoms with E-state index in [0.29, 0.717) is 17.5 Å². The highest BCUT2D eigenvalue weighted by Crippen LogP contribution is 2.37. The van der Waals surface area contributed by atoms with Crippen LogP contribution in [-0.4, -0.2) is 35.4 Å². The number of hydrogen-bond donors (Lipinski definition) is 2. The molecule has 0 heterocycles. The number of hydrogen-bond acceptors (Lipinski definition) is 5. The number of ether oxygens (including phenoxy) is 1. The fourth-order valence-corrected chi connectivity index (χ4v) is 3.58. The van der Waals surface area contributed by atoms with Crippen LogP contribution in [-0.2, 0) is 19.1 Å². The third-order valence-corrected chi connectivity index (χ3v) is 5.56. The van der Waals surface area contributed by atoms with Crippen LogP contribution in [0.2, 0.25) is 5.02 Å². The average Bonchev–Trinajstić information content (AvgIpc) is 2.69. The van der Waals surface area contributed by atoms with Gasteiger partial charge >= 0.3 is 12.1 Å². The van der Waals surface area contributed by atoms with Gasteiger partial charge in [0.05, 0.1) is 10.7 Å². The predicted octanol–water partition coefficient (Wildman–Crippen LogP) is 5.49. The van der Waals surface area contributed by atoms with Gasteiger partial charge in [-0.15, -0.1) is 11.6 Å². The molecule has 0 aliphatic heterocycles. The first-order chi connectivity index (χ1) is 14.9. The Labute approximate surface area is 195 Å². The van der Waals surface area contributed by atoms with Gasteiger partial charge in [0, 0.05) is 22.4 Å². The number of carbonyl (C=O) groups is 3. The normalized spacial score (nSPS) is 13.1. The molecule has 2 rings (SSSR count). The standard InChI is InChI=1S/C20H17Cl2F3N2O4S/c1-11(28)31-19(2,20(23,24)25)18(30)27-16-8-7-14(9-15(16)22)32-13-5-3-12(4-6-13)26-17(29)10-21/h3-9H,10H2,1-2H3,(H,26,29)(H,27,30)/t19-/m1/s1. The minimum absolute atomic E-state index is 0.0123. The number of halogens is 5. The summed E-state index contributed by atoms with van der Waals surface area (Å²) in [6, 6.07) is 11.2. The van der Waals surface area contributed by atoms with Crippen molar-refractivity contribution in [3.8, 4) is 0 Å². The maximum Gasteiger partial charge on any atom is 0.437 e. The van der Waals surface area contributed by atoms with Crippen molar-refractivity contribution >= 4 is 64.1 Å². The molecule has 0 bridgehead atoms. The Balaban J connectivity index is 2.13. The molecule has 0 spiro atoms. The Morgan fingerprint density at radius 2 is 1.62 bits per heavy atom. The summed E-state index contributed by atoms with van der Waals surface area (Å²) in [5.74, 6) is -3.35. The number of rotatable bonds is 7. The van der Waals surface area contributed by atoms with Crippen LogP contribution in [0.3, 0.4) is 0 Å². The first-order valence-corrected chi connectivity index (χ1v) is 10.6. The maximum atomic E-state index is 13.3. The maximum absolute atomic E-state index is 13.3. The minimum atomic E-state index is -5.14. The van der Waals surface area contributed by atoms with E-state index >= 15 is 0 Å². The zero-order chi connectivity index (χ0) is 24.1. The Morgan fingerprint density at radius 1 is 1.03 bits per heavy atom. The van der Waals surface area contributed by atoms with Crippen molar-refractivity contribution in [3.63, 3.8) is 0 Å². The van der Waals surface area contributed by atoms with Crippen LogP contribution in [0.15, 0.2) is 52.3 Å². The van der Waals surface area contributed by atoms with Gasteiger partial charge in [0.2, 0.25) is 5.91 Å². The number of amides is 2. The Morgan fingerprint density at radius 3 is 2.12 bits per heavy atom. The van der Waals surface area contributed by atoms with Gasteiger partial charge in [0.25, 0.3) is 11.5 Å². The fourth-order valence-electron chi connectivity index (χ4n) is 2.36. The number of anilines is 2. The highest BCUT2D eigenvalue weighted by atomic mass is 35.5. The van der Waals surface area contributed by atoms with E-state index in [1.807, 2.05) is 0 Å².